The highest BCUT2D eigenvalue weighted by molar-refractivity contribution is 7.92. The lowest BCUT2D eigenvalue weighted by atomic mass is 10.00. The van der Waals surface area contributed by atoms with Gasteiger partial charge in [0.25, 0.3) is 5.91 Å². The van der Waals surface area contributed by atoms with E-state index in [2.05, 4.69) is 23.6 Å². The minimum atomic E-state index is -3.50. The van der Waals surface area contributed by atoms with Crippen molar-refractivity contribution in [1.29, 1.82) is 0 Å². The van der Waals surface area contributed by atoms with Gasteiger partial charge in [-0.1, -0.05) is 49.4 Å². The molecule has 1 amide bonds. The Bertz CT molecular complexity index is 1190. The summed E-state index contributed by atoms with van der Waals surface area (Å²) in [6.45, 7) is 2.59. The van der Waals surface area contributed by atoms with Gasteiger partial charge in [-0.05, 0) is 66.8 Å². The van der Waals surface area contributed by atoms with Crippen LogP contribution in [0.15, 0.2) is 54.6 Å². The molecule has 36 heavy (non-hydrogen) atoms. The maximum absolute atomic E-state index is 13.4. The average molecular weight is 512 g/mol. The van der Waals surface area contributed by atoms with Crippen LogP contribution in [0, 0.1) is 11.8 Å². The maximum atomic E-state index is 13.4. The second-order valence-corrected chi connectivity index (χ2v) is 12.3. The Labute approximate surface area is 214 Å². The number of hydrogen-bond donors (Lipinski definition) is 3. The quantitative estimate of drug-likeness (QED) is 0.407. The van der Waals surface area contributed by atoms with E-state index >= 15 is 0 Å². The first-order valence-electron chi connectivity index (χ1n) is 12.6. The number of allylic oxidation sites excluding steroid dienone is 1. The van der Waals surface area contributed by atoms with Crippen molar-refractivity contribution in [1.82, 2.24) is 10.6 Å². The molecule has 194 valence electrons. The number of nitrogens with one attached hydrogen (secondary N) is 2. The number of aliphatic hydroxyl groups is 1. The fraction of sp³-hybridized carbons (Fsp3) is 0.464. The average Bonchev–Trinajstić information content (AvgIpc) is 3.78. The van der Waals surface area contributed by atoms with Gasteiger partial charge in [-0.15, -0.1) is 0 Å². The van der Waals surface area contributed by atoms with Gasteiger partial charge in [0.15, 0.2) is 0 Å². The van der Waals surface area contributed by atoms with Crippen molar-refractivity contribution in [3.05, 3.63) is 71.3 Å². The molecule has 3 N–H and O–H groups in total. The lowest BCUT2D eigenvalue weighted by molar-refractivity contribution is 0.0830. The lowest BCUT2D eigenvalue weighted by Crippen LogP contribution is -2.49. The summed E-state index contributed by atoms with van der Waals surface area (Å²) in [5.74, 6) is 0.818. The molecule has 0 heterocycles. The van der Waals surface area contributed by atoms with Crippen LogP contribution in [0.4, 0.5) is 5.69 Å². The van der Waals surface area contributed by atoms with Crippen molar-refractivity contribution in [2.45, 2.75) is 50.8 Å². The normalized spacial score (nSPS) is 21.2. The maximum Gasteiger partial charge on any atom is 0.251 e. The first-order valence-corrected chi connectivity index (χ1v) is 14.5. The molecule has 2 aliphatic rings. The lowest BCUT2D eigenvalue weighted by Gasteiger charge is -2.25. The van der Waals surface area contributed by atoms with Crippen molar-refractivity contribution in [3.8, 4) is 0 Å². The second-order valence-electron chi connectivity index (χ2n) is 10.3. The number of amides is 1. The van der Waals surface area contributed by atoms with Crippen molar-refractivity contribution >= 4 is 27.7 Å². The third-order valence-electron chi connectivity index (χ3n) is 7.04. The SMILES string of the molecule is C[C@H]1C[C@@H]1/C=C\c1cc(C(=O)N[C@@H](Cc2ccccc2)[C@H](O)CNC2CC2)cc(N(C)S(C)(=O)=O)c1. The molecule has 0 aromatic heterocycles. The van der Waals surface area contributed by atoms with Crippen molar-refractivity contribution in [2.75, 3.05) is 24.2 Å². The highest BCUT2D eigenvalue weighted by Crippen LogP contribution is 2.39. The van der Waals surface area contributed by atoms with Gasteiger partial charge in [0.2, 0.25) is 10.0 Å². The van der Waals surface area contributed by atoms with E-state index in [9.17, 15) is 18.3 Å². The summed E-state index contributed by atoms with van der Waals surface area (Å²) in [7, 11) is -2.02. The monoisotopic (exact) mass is 511 g/mol. The third kappa shape index (κ3) is 7.41. The molecule has 0 bridgehead atoms. The molecule has 0 radical (unpaired) electrons. The molecular formula is C28H37N3O4S. The predicted octanol–water partition coefficient (Wildman–Crippen LogP) is 3.21. The Morgan fingerprint density at radius 2 is 1.89 bits per heavy atom. The topological polar surface area (TPSA) is 98.7 Å². The number of sulfonamides is 1. The molecule has 0 unspecified atom stereocenters. The van der Waals surface area contributed by atoms with Crippen LogP contribution in [0.2, 0.25) is 0 Å². The van der Waals surface area contributed by atoms with E-state index < -0.39 is 22.2 Å². The zero-order valence-electron chi connectivity index (χ0n) is 21.2. The molecule has 2 fully saturated rings. The Morgan fingerprint density at radius 3 is 2.50 bits per heavy atom. The molecule has 2 aromatic rings. The molecule has 2 aliphatic carbocycles. The Hall–Kier alpha value is -2.68. The van der Waals surface area contributed by atoms with Crippen LogP contribution >= 0.6 is 0 Å². The largest absolute Gasteiger partial charge is 0.390 e. The van der Waals surface area contributed by atoms with Crippen LogP contribution in [0.25, 0.3) is 6.08 Å². The van der Waals surface area contributed by atoms with Gasteiger partial charge in [-0.3, -0.25) is 9.10 Å². The van der Waals surface area contributed by atoms with E-state index in [0.717, 1.165) is 36.6 Å². The number of carbonyl (C=O) groups excluding carboxylic acids is 1. The summed E-state index contributed by atoms with van der Waals surface area (Å²) in [6, 6.07) is 14.8. The van der Waals surface area contributed by atoms with Crippen molar-refractivity contribution < 1.29 is 18.3 Å². The van der Waals surface area contributed by atoms with Gasteiger partial charge >= 0.3 is 0 Å². The zero-order chi connectivity index (χ0) is 25.9. The summed E-state index contributed by atoms with van der Waals surface area (Å²) in [6.07, 6.45) is 8.29. The summed E-state index contributed by atoms with van der Waals surface area (Å²) in [4.78, 5) is 13.4. The number of benzene rings is 2. The van der Waals surface area contributed by atoms with Gasteiger partial charge in [0, 0.05) is 25.2 Å². The van der Waals surface area contributed by atoms with Crippen LogP contribution in [0.1, 0.15) is 47.7 Å². The van der Waals surface area contributed by atoms with Crippen LogP contribution in [0.5, 0.6) is 0 Å². The molecule has 4 atom stereocenters. The van der Waals surface area contributed by atoms with Crippen LogP contribution in [-0.4, -0.2) is 57.5 Å². The molecule has 0 spiro atoms. The van der Waals surface area contributed by atoms with E-state index in [4.69, 9.17) is 0 Å². The second kappa shape index (κ2) is 11.2. The van der Waals surface area contributed by atoms with Crippen LogP contribution < -0.4 is 14.9 Å². The minimum absolute atomic E-state index is 0.348. The zero-order valence-corrected chi connectivity index (χ0v) is 22.0. The fourth-order valence-corrected chi connectivity index (χ4v) is 4.70. The van der Waals surface area contributed by atoms with Gasteiger partial charge < -0.3 is 15.7 Å². The number of nitrogens with zero attached hydrogens (tertiary/aromatic N) is 1. The van der Waals surface area contributed by atoms with Gasteiger partial charge in [0.1, 0.15) is 0 Å². The Morgan fingerprint density at radius 1 is 1.19 bits per heavy atom. The van der Waals surface area contributed by atoms with Crippen molar-refractivity contribution in [2.24, 2.45) is 11.8 Å². The number of aliphatic hydroxyl groups excluding tert-OH is 1. The first kappa shape index (κ1) is 26.4. The molecule has 7 nitrogen and oxygen atoms in total. The number of anilines is 1. The fourth-order valence-electron chi connectivity index (χ4n) is 4.21. The van der Waals surface area contributed by atoms with E-state index in [0.29, 0.717) is 42.1 Å². The molecule has 2 aromatic carbocycles. The molecule has 8 heteroatoms. The first-order chi connectivity index (χ1) is 17.1. The van der Waals surface area contributed by atoms with E-state index in [-0.39, 0.29) is 5.91 Å². The standard InChI is InChI=1S/C28H37N3O4S/c1-19-13-22(19)10-9-21-14-23(17-25(15-21)31(2)36(3,34)35)28(33)30-26(16-20-7-5-4-6-8-20)27(32)18-29-24-11-12-24/h4-10,14-15,17,19,22,24,26-27,29,32H,11-13,16,18H2,1-3H3,(H,30,33)/b10-9-/t19-,22-,26-,27+/m0/s1. The minimum Gasteiger partial charge on any atom is -0.390 e. The van der Waals surface area contributed by atoms with Crippen LogP contribution in [0.3, 0.4) is 0 Å². The molecule has 0 saturated heterocycles. The third-order valence-corrected chi connectivity index (χ3v) is 8.25. The summed E-state index contributed by atoms with van der Waals surface area (Å²) in [5, 5.41) is 17.3. The van der Waals surface area contributed by atoms with Crippen molar-refractivity contribution in [3.63, 3.8) is 0 Å². The molecular weight excluding hydrogens is 474 g/mol. The van der Waals surface area contributed by atoms with E-state index in [1.54, 1.807) is 18.2 Å². The number of rotatable bonds is 12. The molecule has 0 aliphatic heterocycles. The van der Waals surface area contributed by atoms with Gasteiger partial charge in [-0.2, -0.15) is 0 Å². The van der Waals surface area contributed by atoms with Gasteiger partial charge in [-0.25, -0.2) is 8.42 Å². The summed E-state index contributed by atoms with van der Waals surface area (Å²) >= 11 is 0. The molecule has 2 saturated carbocycles. The Kier molecular flexibility index (Phi) is 8.17. The summed E-state index contributed by atoms with van der Waals surface area (Å²) < 4.78 is 25.6. The highest BCUT2D eigenvalue weighted by atomic mass is 32.2. The van der Waals surface area contributed by atoms with Crippen LogP contribution in [-0.2, 0) is 16.4 Å². The Balaban J connectivity index is 1.57. The van der Waals surface area contributed by atoms with E-state index in [1.165, 1.54) is 11.4 Å². The van der Waals surface area contributed by atoms with Gasteiger partial charge in [0.05, 0.1) is 24.1 Å². The highest BCUT2D eigenvalue weighted by Gasteiger charge is 2.30. The number of carbonyl (C=O) groups is 1. The number of hydrogen-bond acceptors (Lipinski definition) is 5. The summed E-state index contributed by atoms with van der Waals surface area (Å²) in [5.41, 5.74) is 2.56. The predicted molar refractivity (Wildman–Crippen MR) is 144 cm³/mol. The van der Waals surface area contributed by atoms with E-state index in [1.807, 2.05) is 36.4 Å². The molecule has 4 rings (SSSR count). The smallest absolute Gasteiger partial charge is 0.251 e.